The quantitative estimate of drug-likeness (QED) is 0.152. The van der Waals surface area contributed by atoms with Gasteiger partial charge in [-0.2, -0.15) is 0 Å². The second kappa shape index (κ2) is 11.4. The summed E-state index contributed by atoms with van der Waals surface area (Å²) in [5, 5.41) is 0. The number of hydrogen-bond donors (Lipinski definition) is 0. The maximum Gasteiger partial charge on any atom is 0.354 e. The molecule has 160 valence electrons. The molecule has 0 amide bonds. The zero-order valence-electron chi connectivity index (χ0n) is 18.5. The first-order valence-corrected chi connectivity index (χ1v) is 21.3. The molecule has 0 aromatic rings. The van der Waals surface area contributed by atoms with Crippen LogP contribution in [0.15, 0.2) is 49.5 Å². The highest BCUT2D eigenvalue weighted by Gasteiger charge is 2.57. The lowest BCUT2D eigenvalue weighted by Crippen LogP contribution is -2.70. The van der Waals surface area contributed by atoms with Crippen LogP contribution in [0, 0.1) is 0 Å². The van der Waals surface area contributed by atoms with Gasteiger partial charge < -0.3 is 17.4 Å². The van der Waals surface area contributed by atoms with E-state index < -0.39 is 38.5 Å². The number of rotatable bonds is 15. The Morgan fingerprint density at radius 2 is 1.25 bits per heavy atom. The second-order valence-electron chi connectivity index (χ2n) is 8.13. The molecule has 0 aromatic heterocycles. The minimum atomic E-state index is -2.84. The van der Waals surface area contributed by atoms with Gasteiger partial charge in [-0.3, -0.25) is 0 Å². The van der Waals surface area contributed by atoms with Gasteiger partial charge in [0.05, 0.1) is 6.61 Å². The first-order valence-electron chi connectivity index (χ1n) is 9.54. The van der Waals surface area contributed by atoms with Gasteiger partial charge in [0.1, 0.15) is 0 Å². The lowest BCUT2D eigenvalue weighted by atomic mass is 10.3. The van der Waals surface area contributed by atoms with Gasteiger partial charge in [-0.15, -0.1) is 19.7 Å². The monoisotopic (exact) mass is 458 g/mol. The third kappa shape index (κ3) is 8.68. The van der Waals surface area contributed by atoms with Crippen LogP contribution in [0.3, 0.4) is 0 Å². The van der Waals surface area contributed by atoms with Crippen LogP contribution in [0.4, 0.5) is 0 Å². The van der Waals surface area contributed by atoms with Crippen molar-refractivity contribution < 1.29 is 22.2 Å². The first kappa shape index (κ1) is 27.2. The number of ether oxygens (including phenoxy) is 1. The summed E-state index contributed by atoms with van der Waals surface area (Å²) >= 11 is 0. The van der Waals surface area contributed by atoms with Crippen molar-refractivity contribution in [2.45, 2.75) is 52.1 Å². The average molecular weight is 459 g/mol. The molecule has 0 aromatic carbocycles. The van der Waals surface area contributed by atoms with Crippen LogP contribution < -0.4 is 0 Å². The van der Waals surface area contributed by atoms with Gasteiger partial charge in [-0.25, -0.2) is 4.79 Å². The molecule has 0 rings (SSSR count). The smallest absolute Gasteiger partial charge is 0.354 e. The van der Waals surface area contributed by atoms with Gasteiger partial charge >= 0.3 is 14.0 Å². The van der Waals surface area contributed by atoms with E-state index in [1.54, 1.807) is 0 Å². The van der Waals surface area contributed by atoms with Crippen LogP contribution in [-0.2, 0) is 22.2 Å². The Balaban J connectivity index is 5.29. The maximum atomic E-state index is 11.1. The van der Waals surface area contributed by atoms with Crippen molar-refractivity contribution in [1.82, 2.24) is 0 Å². The van der Waals surface area contributed by atoms with Gasteiger partial charge in [0, 0.05) is 12.7 Å². The fourth-order valence-electron chi connectivity index (χ4n) is 2.32. The molecule has 0 radical (unpaired) electrons. The molecule has 0 heterocycles. The van der Waals surface area contributed by atoms with E-state index in [0.29, 0.717) is 13.2 Å². The minimum Gasteiger partial charge on any atom is -0.463 e. The Morgan fingerprint density at radius 1 is 0.786 bits per heavy atom. The molecular weight excluding hydrogens is 421 g/mol. The van der Waals surface area contributed by atoms with Crippen molar-refractivity contribution in [1.29, 1.82) is 0 Å². The van der Waals surface area contributed by atoms with Gasteiger partial charge in [0.2, 0.25) is 7.83 Å². The summed E-state index contributed by atoms with van der Waals surface area (Å²) in [7, 11) is -9.49. The van der Waals surface area contributed by atoms with Crippen LogP contribution in [0.5, 0.6) is 0 Å². The molecule has 0 aliphatic heterocycles. The summed E-state index contributed by atoms with van der Waals surface area (Å²) in [6.07, 6.45) is 2.68. The molecule has 0 N–H and O–H groups in total. The summed E-state index contributed by atoms with van der Waals surface area (Å²) in [4.78, 5) is 11.1. The molecule has 0 saturated carbocycles. The predicted octanol–water partition coefficient (Wildman–Crippen LogP) is 4.86. The molecule has 0 atom stereocenters. The fourth-order valence-corrected chi connectivity index (χ4v) is 25.3. The van der Waals surface area contributed by atoms with Gasteiger partial charge in [0.15, 0.2) is 16.6 Å². The van der Waals surface area contributed by atoms with Crippen LogP contribution in [-0.4, -0.2) is 51.7 Å². The largest absolute Gasteiger partial charge is 0.463 e. The second-order valence-corrected chi connectivity index (χ2v) is 27.7. The molecule has 28 heavy (non-hydrogen) atoms. The zero-order chi connectivity index (χ0) is 22.1. The molecule has 0 fully saturated rings. The van der Waals surface area contributed by atoms with E-state index >= 15 is 0 Å². The SMILES string of the molecule is C=CC(=O)OCCCCO[Si](C)(C)[Si](C=C)(O[Si](C)(C)C=C)O[Si](C)(C)C=C. The van der Waals surface area contributed by atoms with Crippen molar-refractivity contribution in [2.24, 2.45) is 0 Å². The van der Waals surface area contributed by atoms with E-state index in [-0.39, 0.29) is 0 Å². The third-order valence-corrected chi connectivity index (χ3v) is 24.0. The predicted molar refractivity (Wildman–Crippen MR) is 127 cm³/mol. The van der Waals surface area contributed by atoms with Gasteiger partial charge in [-0.1, -0.05) is 23.7 Å². The van der Waals surface area contributed by atoms with Crippen LogP contribution >= 0.6 is 0 Å². The first-order chi connectivity index (χ1) is 12.8. The average Bonchev–Trinajstić information content (AvgIpc) is 2.63. The Labute approximate surface area is 175 Å². The van der Waals surface area contributed by atoms with Crippen LogP contribution in [0.2, 0.25) is 39.3 Å². The Morgan fingerprint density at radius 3 is 1.64 bits per heavy atom. The van der Waals surface area contributed by atoms with Crippen molar-refractivity contribution >= 4 is 38.5 Å². The highest BCUT2D eigenvalue weighted by molar-refractivity contribution is 7.38. The van der Waals surface area contributed by atoms with Crippen molar-refractivity contribution in [3.8, 4) is 0 Å². The fraction of sp³-hybridized carbons (Fsp3) is 0.526. The summed E-state index contributed by atoms with van der Waals surface area (Å²) in [5.74, 6) is -0.399. The van der Waals surface area contributed by atoms with Gasteiger partial charge in [0.25, 0.3) is 0 Å². The minimum absolute atomic E-state index is 0.361. The summed E-state index contributed by atoms with van der Waals surface area (Å²) < 4.78 is 24.8. The number of esters is 1. The molecule has 0 aliphatic carbocycles. The van der Waals surface area contributed by atoms with E-state index in [4.69, 9.17) is 17.4 Å². The Kier molecular flexibility index (Phi) is 11.1. The normalized spacial score (nSPS) is 12.9. The summed E-state index contributed by atoms with van der Waals surface area (Å²) in [6, 6.07) is 0. The number of carbonyl (C=O) groups excluding carboxylic acids is 1. The molecule has 0 unspecified atom stereocenters. The highest BCUT2D eigenvalue weighted by Crippen LogP contribution is 2.31. The topological polar surface area (TPSA) is 54.0 Å². The molecule has 5 nitrogen and oxygen atoms in total. The van der Waals surface area contributed by atoms with Crippen LogP contribution in [0.1, 0.15) is 12.8 Å². The maximum absolute atomic E-state index is 11.1. The molecule has 0 saturated heterocycles. The summed E-state index contributed by atoms with van der Waals surface area (Å²) in [6.45, 7) is 29.0. The standard InChI is InChI=1S/C19H38O5Si4/c1-11-19(20)21-17-15-16-18-22-27(9,10)28(14-4,23-25(5,6)12-2)24-26(7,8)13-3/h11-14H,1-4,15-18H2,5-10H3. The van der Waals surface area contributed by atoms with Crippen molar-refractivity contribution in [3.05, 3.63) is 49.5 Å². The zero-order valence-corrected chi connectivity index (χ0v) is 22.5. The van der Waals surface area contributed by atoms with Crippen molar-refractivity contribution in [2.75, 3.05) is 13.2 Å². The van der Waals surface area contributed by atoms with E-state index in [1.165, 1.54) is 6.08 Å². The van der Waals surface area contributed by atoms with Gasteiger partial charge in [-0.05, 0) is 52.1 Å². The van der Waals surface area contributed by atoms with E-state index in [2.05, 4.69) is 65.6 Å². The number of carbonyl (C=O) groups is 1. The summed E-state index contributed by atoms with van der Waals surface area (Å²) in [5.41, 5.74) is 5.73. The molecular formula is C19H38O5Si4. The van der Waals surface area contributed by atoms with E-state index in [0.717, 1.165) is 12.8 Å². The van der Waals surface area contributed by atoms with Crippen LogP contribution in [0.25, 0.3) is 0 Å². The Bertz CT molecular complexity index is 551. The third-order valence-electron chi connectivity index (χ3n) is 4.33. The molecule has 0 aliphatic rings. The van der Waals surface area contributed by atoms with Crippen molar-refractivity contribution in [3.63, 3.8) is 0 Å². The number of unbranched alkanes of at least 4 members (excludes halogenated alkanes) is 1. The molecule has 0 bridgehead atoms. The molecule has 0 spiro atoms. The highest BCUT2D eigenvalue weighted by atomic mass is 29.3. The number of hydrogen-bond acceptors (Lipinski definition) is 5. The van der Waals surface area contributed by atoms with E-state index in [1.807, 2.05) is 17.1 Å². The Hall–Kier alpha value is -0.822. The lowest BCUT2D eigenvalue weighted by Gasteiger charge is -2.46. The van der Waals surface area contributed by atoms with E-state index in [9.17, 15) is 4.79 Å². The molecule has 9 heteroatoms. The lowest BCUT2D eigenvalue weighted by molar-refractivity contribution is -0.137.